The number of phenolic OH excluding ortho intramolecular Hbond substituents is 1. The summed E-state index contributed by atoms with van der Waals surface area (Å²) in [5.41, 5.74) is 2.61. The van der Waals surface area contributed by atoms with E-state index in [0.717, 1.165) is 18.4 Å². The number of benzene rings is 1. The molecule has 2 aliphatic heterocycles. The van der Waals surface area contributed by atoms with Crippen LogP contribution in [0, 0.1) is 0 Å². The Morgan fingerprint density at radius 2 is 1.53 bits per heavy atom. The third-order valence-corrected chi connectivity index (χ3v) is 10.1. The minimum atomic E-state index is -1.03. The smallest absolute Gasteiger partial charge is 0.407 e. The van der Waals surface area contributed by atoms with Crippen molar-refractivity contribution in [2.75, 3.05) is 39.8 Å². The number of aromatic nitrogens is 1. The molecule has 1 aromatic heterocycles. The van der Waals surface area contributed by atoms with Crippen LogP contribution < -0.4 is 37.5 Å². The predicted molar refractivity (Wildman–Crippen MR) is 215 cm³/mol. The Morgan fingerprint density at radius 3 is 2.13 bits per heavy atom. The summed E-state index contributed by atoms with van der Waals surface area (Å²) in [5.74, 6) is -0.208. The van der Waals surface area contributed by atoms with Crippen molar-refractivity contribution in [2.24, 2.45) is 0 Å². The average molecular weight is 761 g/mol. The van der Waals surface area contributed by atoms with Gasteiger partial charge in [-0.2, -0.15) is 0 Å². The van der Waals surface area contributed by atoms with E-state index in [9.17, 15) is 29.1 Å². The summed E-state index contributed by atoms with van der Waals surface area (Å²) in [7, 11) is 5.11. The van der Waals surface area contributed by atoms with Gasteiger partial charge in [-0.15, -0.1) is 0 Å². The number of pyridine rings is 1. The molecule has 2 atom stereocenters. The van der Waals surface area contributed by atoms with Gasteiger partial charge in [-0.1, -0.05) is 12.1 Å². The van der Waals surface area contributed by atoms with Crippen molar-refractivity contribution in [1.29, 1.82) is 0 Å². The zero-order valence-corrected chi connectivity index (χ0v) is 33.2. The van der Waals surface area contributed by atoms with Crippen LogP contribution in [-0.4, -0.2) is 129 Å². The number of likely N-dealkylation sites (tertiary alicyclic amines) is 2. The maximum Gasteiger partial charge on any atom is 0.407 e. The van der Waals surface area contributed by atoms with E-state index in [2.05, 4.69) is 31.6 Å². The number of amides is 7. The van der Waals surface area contributed by atoms with Crippen LogP contribution in [-0.2, 0) is 20.7 Å². The summed E-state index contributed by atoms with van der Waals surface area (Å²) in [4.78, 5) is 73.6. The number of nitrogens with zero attached hydrogens (tertiary/aromatic N) is 3. The largest absolute Gasteiger partial charge is 0.509 e. The fourth-order valence-corrected chi connectivity index (χ4v) is 7.13. The molecule has 0 radical (unpaired) electrons. The van der Waals surface area contributed by atoms with Gasteiger partial charge in [0.15, 0.2) is 0 Å². The SMILES string of the molecule is Bc1cc(C[C@@H](NC(=O)N2CCC(NC(=O)NC)CC2)C(=O)NC(CCCCNC(=O)OC(C)(C)C)C(=O)N2CCC(c3ccncc3)CC2)cc(B)c1O. The van der Waals surface area contributed by atoms with Crippen molar-refractivity contribution >= 4 is 56.6 Å². The lowest BCUT2D eigenvalue weighted by Crippen LogP contribution is -2.58. The lowest BCUT2D eigenvalue weighted by atomic mass is 9.83. The van der Waals surface area contributed by atoms with Crippen molar-refractivity contribution in [3.8, 4) is 5.75 Å². The molecule has 2 fully saturated rings. The van der Waals surface area contributed by atoms with Gasteiger partial charge in [-0.05, 0) is 106 Å². The first-order chi connectivity index (χ1) is 26.1. The first kappa shape index (κ1) is 42.8. The van der Waals surface area contributed by atoms with Crippen molar-refractivity contribution in [2.45, 2.75) is 102 Å². The minimum absolute atomic E-state index is 0.0769. The van der Waals surface area contributed by atoms with E-state index in [1.54, 1.807) is 77.8 Å². The molecule has 7 amide bonds. The van der Waals surface area contributed by atoms with Gasteiger partial charge in [0.1, 0.15) is 39.1 Å². The Labute approximate surface area is 326 Å². The molecule has 4 rings (SSSR count). The van der Waals surface area contributed by atoms with Crippen molar-refractivity contribution < 1.29 is 33.8 Å². The van der Waals surface area contributed by atoms with Crippen LogP contribution in [0.15, 0.2) is 36.7 Å². The number of hydrogen-bond acceptors (Lipinski definition) is 8. The van der Waals surface area contributed by atoms with Gasteiger partial charge >= 0.3 is 18.2 Å². The summed E-state index contributed by atoms with van der Waals surface area (Å²) in [5, 5.41) is 24.5. The number of urea groups is 2. The van der Waals surface area contributed by atoms with Crippen LogP contribution in [0.5, 0.6) is 5.75 Å². The van der Waals surface area contributed by atoms with Crippen molar-refractivity contribution in [3.05, 3.63) is 47.8 Å². The fourth-order valence-electron chi connectivity index (χ4n) is 7.13. The molecule has 2 aromatic rings. The van der Waals surface area contributed by atoms with Crippen LogP contribution in [0.4, 0.5) is 14.4 Å². The van der Waals surface area contributed by atoms with Crippen molar-refractivity contribution in [1.82, 2.24) is 41.4 Å². The third-order valence-electron chi connectivity index (χ3n) is 10.1. The predicted octanol–water partition coefficient (Wildman–Crippen LogP) is -0.0959. The van der Waals surface area contributed by atoms with E-state index < -0.39 is 35.7 Å². The van der Waals surface area contributed by atoms with E-state index in [4.69, 9.17) is 4.74 Å². The van der Waals surface area contributed by atoms with E-state index in [1.807, 2.05) is 12.1 Å². The molecule has 0 saturated carbocycles. The van der Waals surface area contributed by atoms with Gasteiger partial charge in [0.2, 0.25) is 11.8 Å². The van der Waals surface area contributed by atoms with Gasteiger partial charge in [-0.25, -0.2) is 14.4 Å². The summed E-state index contributed by atoms with van der Waals surface area (Å²) >= 11 is 0. The van der Waals surface area contributed by atoms with Crippen LogP contribution >= 0.6 is 0 Å². The molecular weight excluding hydrogens is 702 g/mol. The number of aromatic hydroxyl groups is 1. The first-order valence-corrected chi connectivity index (χ1v) is 19.4. The number of phenols is 1. The Hall–Kier alpha value is -4.95. The second-order valence-corrected chi connectivity index (χ2v) is 15.6. The van der Waals surface area contributed by atoms with Gasteiger partial charge < -0.3 is 46.2 Å². The maximum atomic E-state index is 14.3. The van der Waals surface area contributed by atoms with E-state index >= 15 is 0 Å². The molecule has 0 spiro atoms. The number of ether oxygens (including phenoxy) is 1. The normalized spacial score (nSPS) is 16.4. The second-order valence-electron chi connectivity index (χ2n) is 15.6. The molecule has 1 unspecified atom stereocenters. The number of carbonyl (C=O) groups is 5. The van der Waals surface area contributed by atoms with Crippen LogP contribution in [0.25, 0.3) is 0 Å². The molecule has 55 heavy (non-hydrogen) atoms. The molecule has 298 valence electrons. The average Bonchev–Trinajstić information content (AvgIpc) is 3.15. The van der Waals surface area contributed by atoms with E-state index in [-0.39, 0.29) is 30.2 Å². The summed E-state index contributed by atoms with van der Waals surface area (Å²) in [6.07, 6.45) is 7.27. The Bertz CT molecular complexity index is 1610. The number of hydrogen-bond donors (Lipinski definition) is 6. The zero-order chi connectivity index (χ0) is 40.1. The van der Waals surface area contributed by atoms with Crippen LogP contribution in [0.2, 0.25) is 0 Å². The minimum Gasteiger partial charge on any atom is -0.509 e. The highest BCUT2D eigenvalue weighted by molar-refractivity contribution is 6.41. The van der Waals surface area contributed by atoms with E-state index in [1.165, 1.54) is 5.56 Å². The summed E-state index contributed by atoms with van der Waals surface area (Å²) in [6.45, 7) is 7.57. The summed E-state index contributed by atoms with van der Waals surface area (Å²) in [6, 6.07) is 4.93. The monoisotopic (exact) mass is 760 g/mol. The number of rotatable bonds is 13. The number of alkyl carbamates (subject to hydrolysis) is 1. The lowest BCUT2D eigenvalue weighted by Gasteiger charge is -2.35. The molecule has 0 aliphatic carbocycles. The molecule has 2 saturated heterocycles. The summed E-state index contributed by atoms with van der Waals surface area (Å²) < 4.78 is 5.33. The van der Waals surface area contributed by atoms with Crippen LogP contribution in [0.3, 0.4) is 0 Å². The fraction of sp³-hybridized carbons (Fsp3) is 0.579. The number of unbranched alkanes of at least 4 members (excludes halogenated alkanes) is 1. The topological polar surface area (TPSA) is 194 Å². The number of nitrogens with one attached hydrogen (secondary N) is 5. The first-order valence-electron chi connectivity index (χ1n) is 19.4. The molecule has 0 bridgehead atoms. The number of piperidine rings is 2. The molecule has 15 nitrogen and oxygen atoms in total. The van der Waals surface area contributed by atoms with Crippen LogP contribution in [0.1, 0.15) is 82.8 Å². The van der Waals surface area contributed by atoms with Gasteiger partial charge in [0.05, 0.1) is 0 Å². The highest BCUT2D eigenvalue weighted by Gasteiger charge is 2.33. The Morgan fingerprint density at radius 1 is 0.909 bits per heavy atom. The highest BCUT2D eigenvalue weighted by atomic mass is 16.6. The number of carbonyl (C=O) groups excluding carboxylic acids is 5. The van der Waals surface area contributed by atoms with Gasteiger partial charge in [-0.3, -0.25) is 14.6 Å². The zero-order valence-electron chi connectivity index (χ0n) is 33.2. The standard InChI is InChI=1S/C38H58B2N8O7/c1-38(2,3)55-37(54)43-14-6-5-7-30(34(51)47-17-10-26(11-18-47)25-8-15-42-16-9-25)45-33(50)31(23-24-21-28(39)32(49)29(40)22-24)46-36(53)48-19-12-27(13-20-48)44-35(52)41-4/h8-9,15-16,21-22,26-27,30-31,49H,5-7,10-14,17-20,23,39-40H2,1-4H3,(H,43,54)(H,45,50)(H,46,53)(H2,41,44,52)/t30?,31-/m1/s1. The second kappa shape index (κ2) is 20.1. The molecule has 3 heterocycles. The molecule has 6 N–H and O–H groups in total. The molecule has 17 heteroatoms. The lowest BCUT2D eigenvalue weighted by molar-refractivity contribution is -0.138. The molecule has 1 aromatic carbocycles. The third kappa shape index (κ3) is 13.4. The Balaban J connectivity index is 1.48. The van der Waals surface area contributed by atoms with Crippen molar-refractivity contribution in [3.63, 3.8) is 0 Å². The maximum absolute atomic E-state index is 14.3. The van der Waals surface area contributed by atoms with Gasteiger partial charge in [0.25, 0.3) is 0 Å². The Kier molecular flexibility index (Phi) is 15.6. The highest BCUT2D eigenvalue weighted by Crippen LogP contribution is 2.28. The van der Waals surface area contributed by atoms with E-state index in [0.29, 0.717) is 81.7 Å². The molecule has 2 aliphatic rings. The van der Waals surface area contributed by atoms with Gasteiger partial charge in [0, 0.05) is 64.6 Å². The molecular formula is C38H58B2N8O7. The quantitative estimate of drug-likeness (QED) is 0.120.